The third-order valence-corrected chi connectivity index (χ3v) is 3.95. The number of hydrogen-bond donors (Lipinski definition) is 1. The Morgan fingerprint density at radius 2 is 2.10 bits per heavy atom. The van der Waals surface area contributed by atoms with Gasteiger partial charge in [0, 0.05) is 13.1 Å². The largest absolute Gasteiger partial charge is 0.493 e. The Hall–Kier alpha value is -2.04. The number of rotatable bonds is 5. The first kappa shape index (κ1) is 15.4. The molecule has 0 saturated carbocycles. The zero-order valence-corrected chi connectivity index (χ0v) is 12.5. The zero-order chi connectivity index (χ0) is 15.4. The summed E-state index contributed by atoms with van der Waals surface area (Å²) in [7, 11) is 0. The molecule has 1 aromatic rings. The van der Waals surface area contributed by atoms with Gasteiger partial charge in [-0.05, 0) is 43.5 Å². The second-order valence-electron chi connectivity index (χ2n) is 5.51. The lowest BCUT2D eigenvalue weighted by atomic mass is 10.1. The first-order valence-electron chi connectivity index (χ1n) is 7.18. The van der Waals surface area contributed by atoms with E-state index in [9.17, 15) is 9.59 Å². The van der Waals surface area contributed by atoms with E-state index in [1.807, 2.05) is 32.0 Å². The van der Waals surface area contributed by atoms with Crippen molar-refractivity contribution in [2.75, 3.05) is 19.7 Å². The van der Waals surface area contributed by atoms with Crippen molar-refractivity contribution >= 4 is 11.9 Å². The molecule has 21 heavy (non-hydrogen) atoms. The van der Waals surface area contributed by atoms with Crippen LogP contribution in [0.25, 0.3) is 0 Å². The van der Waals surface area contributed by atoms with Crippen LogP contribution in [0.15, 0.2) is 18.2 Å². The molecule has 0 unspecified atom stereocenters. The summed E-state index contributed by atoms with van der Waals surface area (Å²) >= 11 is 0. The van der Waals surface area contributed by atoms with E-state index in [0.29, 0.717) is 26.1 Å². The van der Waals surface area contributed by atoms with Crippen LogP contribution in [0.5, 0.6) is 5.75 Å². The van der Waals surface area contributed by atoms with Gasteiger partial charge >= 0.3 is 5.97 Å². The van der Waals surface area contributed by atoms with Crippen LogP contribution in [0.1, 0.15) is 24.0 Å². The van der Waals surface area contributed by atoms with E-state index in [-0.39, 0.29) is 12.3 Å². The average molecular weight is 291 g/mol. The molecule has 1 aliphatic rings. The van der Waals surface area contributed by atoms with E-state index in [2.05, 4.69) is 0 Å². The van der Waals surface area contributed by atoms with Gasteiger partial charge in [-0.15, -0.1) is 0 Å². The Labute approximate surface area is 124 Å². The van der Waals surface area contributed by atoms with Gasteiger partial charge in [0.25, 0.3) is 0 Å². The highest BCUT2D eigenvalue weighted by Crippen LogP contribution is 2.18. The van der Waals surface area contributed by atoms with Gasteiger partial charge < -0.3 is 14.7 Å². The molecule has 0 radical (unpaired) electrons. The first-order valence-corrected chi connectivity index (χ1v) is 7.18. The third kappa shape index (κ3) is 3.97. The van der Waals surface area contributed by atoms with Crippen LogP contribution in [-0.4, -0.2) is 41.6 Å². The Kier molecular flexibility index (Phi) is 4.83. The molecule has 5 nitrogen and oxygen atoms in total. The maximum Gasteiger partial charge on any atom is 0.308 e. The molecule has 0 spiro atoms. The number of carboxylic acid groups (broad SMARTS) is 1. The van der Waals surface area contributed by atoms with Gasteiger partial charge in [-0.3, -0.25) is 9.59 Å². The lowest BCUT2D eigenvalue weighted by molar-refractivity contribution is -0.141. The molecule has 0 aliphatic carbocycles. The molecule has 1 amide bonds. The molecule has 0 bridgehead atoms. The number of ether oxygens (including phenoxy) is 1. The van der Waals surface area contributed by atoms with Gasteiger partial charge in [0.1, 0.15) is 5.75 Å². The van der Waals surface area contributed by atoms with E-state index < -0.39 is 11.9 Å². The van der Waals surface area contributed by atoms with Crippen molar-refractivity contribution < 1.29 is 19.4 Å². The van der Waals surface area contributed by atoms with Gasteiger partial charge in [0.2, 0.25) is 5.91 Å². The average Bonchev–Trinajstić information content (AvgIpc) is 2.92. The summed E-state index contributed by atoms with van der Waals surface area (Å²) in [5, 5.41) is 8.92. The van der Waals surface area contributed by atoms with E-state index in [0.717, 1.165) is 11.3 Å². The van der Waals surface area contributed by atoms with Gasteiger partial charge in [0.05, 0.1) is 18.9 Å². The van der Waals surface area contributed by atoms with Crippen LogP contribution < -0.4 is 4.74 Å². The monoisotopic (exact) mass is 291 g/mol. The molecule has 1 aliphatic heterocycles. The minimum Gasteiger partial charge on any atom is -0.493 e. The van der Waals surface area contributed by atoms with Gasteiger partial charge in [-0.1, -0.05) is 6.07 Å². The molecular formula is C16H21NO4. The molecule has 1 atom stereocenters. The molecule has 114 valence electrons. The molecule has 1 aromatic carbocycles. The van der Waals surface area contributed by atoms with E-state index in [4.69, 9.17) is 9.84 Å². The Balaban J connectivity index is 1.77. The Morgan fingerprint density at radius 1 is 1.33 bits per heavy atom. The maximum absolute atomic E-state index is 12.0. The summed E-state index contributed by atoms with van der Waals surface area (Å²) in [6, 6.07) is 5.84. The molecule has 2 rings (SSSR count). The maximum atomic E-state index is 12.0. The van der Waals surface area contributed by atoms with E-state index in [1.54, 1.807) is 4.90 Å². The van der Waals surface area contributed by atoms with Crippen molar-refractivity contribution in [2.45, 2.75) is 26.7 Å². The molecular weight excluding hydrogens is 270 g/mol. The topological polar surface area (TPSA) is 66.8 Å². The van der Waals surface area contributed by atoms with E-state index >= 15 is 0 Å². The molecule has 1 fully saturated rings. The number of nitrogens with zero attached hydrogens (tertiary/aromatic N) is 1. The van der Waals surface area contributed by atoms with Crippen molar-refractivity contribution in [3.8, 4) is 5.75 Å². The van der Waals surface area contributed by atoms with Crippen LogP contribution in [0.2, 0.25) is 0 Å². The quantitative estimate of drug-likeness (QED) is 0.901. The van der Waals surface area contributed by atoms with Crippen molar-refractivity contribution in [2.24, 2.45) is 5.92 Å². The molecule has 1 N–H and O–H groups in total. The van der Waals surface area contributed by atoms with Gasteiger partial charge in [0.15, 0.2) is 0 Å². The predicted octanol–water partition coefficient (Wildman–Crippen LogP) is 2.01. The van der Waals surface area contributed by atoms with E-state index in [1.165, 1.54) is 5.56 Å². The lowest BCUT2D eigenvalue weighted by Gasteiger charge is -2.16. The fourth-order valence-electron chi connectivity index (χ4n) is 2.41. The number of hydrogen-bond acceptors (Lipinski definition) is 3. The summed E-state index contributed by atoms with van der Waals surface area (Å²) in [4.78, 5) is 24.5. The van der Waals surface area contributed by atoms with Crippen LogP contribution in [0.4, 0.5) is 0 Å². The van der Waals surface area contributed by atoms with Crippen molar-refractivity contribution in [1.29, 1.82) is 0 Å². The summed E-state index contributed by atoms with van der Waals surface area (Å²) in [5.41, 5.74) is 2.36. The fourth-order valence-corrected chi connectivity index (χ4v) is 2.41. The summed E-state index contributed by atoms with van der Waals surface area (Å²) < 4.78 is 5.58. The molecule has 0 aromatic heterocycles. The number of carbonyl (C=O) groups is 2. The smallest absolute Gasteiger partial charge is 0.308 e. The fraction of sp³-hybridized carbons (Fsp3) is 0.500. The van der Waals surface area contributed by atoms with Gasteiger partial charge in [-0.25, -0.2) is 0 Å². The Bertz CT molecular complexity index is 541. The number of carboxylic acids is 1. The van der Waals surface area contributed by atoms with Crippen molar-refractivity contribution in [3.05, 3.63) is 29.3 Å². The predicted molar refractivity (Wildman–Crippen MR) is 78.4 cm³/mol. The summed E-state index contributed by atoms with van der Waals surface area (Å²) in [6.45, 7) is 5.21. The number of benzene rings is 1. The highest BCUT2D eigenvalue weighted by atomic mass is 16.5. The molecule has 1 saturated heterocycles. The lowest BCUT2D eigenvalue weighted by Crippen LogP contribution is -2.30. The van der Waals surface area contributed by atoms with Crippen molar-refractivity contribution in [1.82, 2.24) is 4.90 Å². The number of aryl methyl sites for hydroxylation is 2. The van der Waals surface area contributed by atoms with Crippen molar-refractivity contribution in [3.63, 3.8) is 0 Å². The number of amides is 1. The first-order chi connectivity index (χ1) is 9.97. The highest BCUT2D eigenvalue weighted by Gasteiger charge is 2.30. The van der Waals surface area contributed by atoms with Crippen LogP contribution in [-0.2, 0) is 9.59 Å². The number of carbonyl (C=O) groups excluding carboxylic acids is 1. The summed E-state index contributed by atoms with van der Waals surface area (Å²) in [6.07, 6.45) is 0.818. The normalized spacial score (nSPS) is 17.8. The SMILES string of the molecule is Cc1ccc(OCCC(=O)N2CC[C@@H](C(=O)O)C2)cc1C. The number of likely N-dealkylation sites (tertiary alicyclic amines) is 1. The second kappa shape index (κ2) is 6.61. The van der Waals surface area contributed by atoms with Gasteiger partial charge in [-0.2, -0.15) is 0 Å². The summed E-state index contributed by atoms with van der Waals surface area (Å²) in [5.74, 6) is -0.524. The van der Waals surface area contributed by atoms with Crippen LogP contribution >= 0.6 is 0 Å². The minimum atomic E-state index is -0.823. The standard InChI is InChI=1S/C16H21NO4/c1-11-3-4-14(9-12(11)2)21-8-6-15(18)17-7-5-13(10-17)16(19)20/h3-4,9,13H,5-8,10H2,1-2H3,(H,19,20)/t13-/m1/s1. The zero-order valence-electron chi connectivity index (χ0n) is 12.5. The van der Waals surface area contributed by atoms with Crippen LogP contribution in [0.3, 0.4) is 0 Å². The molecule has 5 heteroatoms. The highest BCUT2D eigenvalue weighted by molar-refractivity contribution is 5.78. The molecule has 1 heterocycles. The Morgan fingerprint density at radius 3 is 2.71 bits per heavy atom. The minimum absolute atomic E-state index is 0.0393. The third-order valence-electron chi connectivity index (χ3n) is 3.95. The van der Waals surface area contributed by atoms with Crippen LogP contribution in [0, 0.1) is 19.8 Å². The second-order valence-corrected chi connectivity index (χ2v) is 5.51. The number of aliphatic carboxylic acids is 1.